The molecule has 0 amide bonds. The van der Waals surface area contributed by atoms with Gasteiger partial charge in [0.2, 0.25) is 0 Å². The number of hydrogen-bond acceptors (Lipinski definition) is 2. The highest BCUT2D eigenvalue weighted by Gasteiger charge is 2.29. The van der Waals surface area contributed by atoms with Crippen LogP contribution in [-0.4, -0.2) is 29.1 Å². The van der Waals surface area contributed by atoms with Crippen LogP contribution >= 0.6 is 0 Å². The average Bonchev–Trinajstić information content (AvgIpc) is 3.18. The Hall–Kier alpha value is -0.860. The molecule has 100 valence electrons. The van der Waals surface area contributed by atoms with E-state index in [-0.39, 0.29) is 6.10 Å². The van der Waals surface area contributed by atoms with Crippen molar-refractivity contribution in [1.29, 1.82) is 0 Å². The fraction of sp³-hybridized carbons (Fsp3) is 0.625. The lowest BCUT2D eigenvalue weighted by atomic mass is 10.1. The van der Waals surface area contributed by atoms with E-state index in [2.05, 4.69) is 30.9 Å². The van der Waals surface area contributed by atoms with Crippen molar-refractivity contribution in [2.24, 2.45) is 0 Å². The Morgan fingerprint density at radius 2 is 2.17 bits per heavy atom. The predicted octanol–water partition coefficient (Wildman–Crippen LogP) is 3.29. The molecule has 2 heteroatoms. The molecule has 1 aromatic rings. The molecule has 1 unspecified atom stereocenters. The normalized spacial score (nSPS) is 17.1. The third-order valence-electron chi connectivity index (χ3n) is 3.70. The van der Waals surface area contributed by atoms with E-state index in [0.29, 0.717) is 0 Å². The van der Waals surface area contributed by atoms with E-state index in [4.69, 9.17) is 0 Å². The van der Waals surface area contributed by atoms with Crippen molar-refractivity contribution < 1.29 is 5.11 Å². The summed E-state index contributed by atoms with van der Waals surface area (Å²) < 4.78 is 0. The van der Waals surface area contributed by atoms with Crippen molar-refractivity contribution in [1.82, 2.24) is 4.90 Å². The van der Waals surface area contributed by atoms with Gasteiger partial charge in [0, 0.05) is 12.6 Å². The Morgan fingerprint density at radius 3 is 2.78 bits per heavy atom. The second-order valence-corrected chi connectivity index (χ2v) is 5.51. The van der Waals surface area contributed by atoms with Crippen LogP contribution in [0.25, 0.3) is 0 Å². The Morgan fingerprint density at radius 1 is 1.39 bits per heavy atom. The number of aryl methyl sites for hydroxylation is 1. The zero-order valence-corrected chi connectivity index (χ0v) is 11.6. The van der Waals surface area contributed by atoms with E-state index in [0.717, 1.165) is 24.7 Å². The molecule has 2 rings (SSSR count). The molecule has 0 saturated heterocycles. The molecule has 0 bridgehead atoms. The standard InChI is InChI=1S/C16H25NO/c1-3-4-10-17(15-8-9-15)12-16(18)14-7-5-6-13(2)11-14/h5-7,11,15-16,18H,3-4,8-10,12H2,1-2H3. The van der Waals surface area contributed by atoms with E-state index in [1.165, 1.54) is 31.2 Å². The third kappa shape index (κ3) is 3.82. The minimum absolute atomic E-state index is 0.345. The van der Waals surface area contributed by atoms with E-state index >= 15 is 0 Å². The lowest BCUT2D eigenvalue weighted by Gasteiger charge is -2.25. The number of rotatable bonds is 7. The molecule has 18 heavy (non-hydrogen) atoms. The monoisotopic (exact) mass is 247 g/mol. The Labute approximate surface area is 111 Å². The number of aliphatic hydroxyl groups excluding tert-OH is 1. The maximum absolute atomic E-state index is 10.3. The van der Waals surface area contributed by atoms with Gasteiger partial charge in [-0.15, -0.1) is 0 Å². The fourth-order valence-electron chi connectivity index (χ4n) is 2.43. The number of hydrogen-bond donors (Lipinski definition) is 1. The first kappa shape index (κ1) is 13.6. The molecule has 1 aromatic carbocycles. The topological polar surface area (TPSA) is 23.5 Å². The van der Waals surface area contributed by atoms with Gasteiger partial charge in [-0.3, -0.25) is 4.90 Å². The van der Waals surface area contributed by atoms with Gasteiger partial charge in [-0.1, -0.05) is 43.2 Å². The maximum atomic E-state index is 10.3. The lowest BCUT2D eigenvalue weighted by molar-refractivity contribution is 0.107. The Bertz CT molecular complexity index is 373. The molecular weight excluding hydrogens is 222 g/mol. The first-order chi connectivity index (χ1) is 8.70. The molecule has 1 saturated carbocycles. The van der Waals surface area contributed by atoms with Crippen LogP contribution in [0.1, 0.15) is 49.8 Å². The van der Waals surface area contributed by atoms with Gasteiger partial charge in [0.05, 0.1) is 6.10 Å². The van der Waals surface area contributed by atoms with Crippen molar-refractivity contribution >= 4 is 0 Å². The molecule has 2 nitrogen and oxygen atoms in total. The molecule has 0 spiro atoms. The van der Waals surface area contributed by atoms with E-state index in [1.807, 2.05) is 12.1 Å². The largest absolute Gasteiger partial charge is 0.387 e. The second-order valence-electron chi connectivity index (χ2n) is 5.51. The average molecular weight is 247 g/mol. The van der Waals surface area contributed by atoms with E-state index in [9.17, 15) is 5.11 Å². The van der Waals surface area contributed by atoms with Crippen molar-refractivity contribution in [2.75, 3.05) is 13.1 Å². The summed E-state index contributed by atoms with van der Waals surface area (Å²) in [5, 5.41) is 10.3. The zero-order valence-electron chi connectivity index (χ0n) is 11.6. The summed E-state index contributed by atoms with van der Waals surface area (Å²) in [6.07, 6.45) is 4.73. The molecule has 1 fully saturated rings. The van der Waals surface area contributed by atoms with Gasteiger partial charge in [-0.2, -0.15) is 0 Å². The summed E-state index contributed by atoms with van der Waals surface area (Å²) in [4.78, 5) is 2.47. The van der Waals surface area contributed by atoms with Gasteiger partial charge >= 0.3 is 0 Å². The maximum Gasteiger partial charge on any atom is 0.0917 e. The fourth-order valence-corrected chi connectivity index (χ4v) is 2.43. The van der Waals surface area contributed by atoms with Crippen LogP contribution in [0.2, 0.25) is 0 Å². The summed E-state index contributed by atoms with van der Waals surface area (Å²) >= 11 is 0. The van der Waals surface area contributed by atoms with Crippen LogP contribution in [0.15, 0.2) is 24.3 Å². The second kappa shape index (κ2) is 6.35. The van der Waals surface area contributed by atoms with Crippen LogP contribution in [0.3, 0.4) is 0 Å². The highest BCUT2D eigenvalue weighted by Crippen LogP contribution is 2.29. The molecule has 1 N–H and O–H groups in total. The SMILES string of the molecule is CCCCN(CC(O)c1cccc(C)c1)C1CC1. The highest BCUT2D eigenvalue weighted by atomic mass is 16.3. The van der Waals surface area contributed by atoms with Crippen molar-refractivity contribution in [3.8, 4) is 0 Å². The summed E-state index contributed by atoms with van der Waals surface area (Å²) in [7, 11) is 0. The predicted molar refractivity (Wildman–Crippen MR) is 75.6 cm³/mol. The van der Waals surface area contributed by atoms with Gasteiger partial charge in [-0.25, -0.2) is 0 Å². The van der Waals surface area contributed by atoms with Crippen LogP contribution < -0.4 is 0 Å². The first-order valence-electron chi connectivity index (χ1n) is 7.19. The molecular formula is C16H25NO. The minimum Gasteiger partial charge on any atom is -0.387 e. The highest BCUT2D eigenvalue weighted by molar-refractivity contribution is 5.24. The zero-order chi connectivity index (χ0) is 13.0. The quantitative estimate of drug-likeness (QED) is 0.799. The number of aliphatic hydroxyl groups is 1. The molecule has 1 aliphatic rings. The van der Waals surface area contributed by atoms with E-state index < -0.39 is 0 Å². The smallest absolute Gasteiger partial charge is 0.0917 e. The number of benzene rings is 1. The molecule has 1 aliphatic carbocycles. The summed E-state index contributed by atoms with van der Waals surface area (Å²) in [6, 6.07) is 8.96. The molecule has 1 atom stereocenters. The summed E-state index contributed by atoms with van der Waals surface area (Å²) in [6.45, 7) is 6.21. The van der Waals surface area contributed by atoms with Gasteiger partial charge in [0.25, 0.3) is 0 Å². The number of nitrogens with zero attached hydrogens (tertiary/aromatic N) is 1. The first-order valence-corrected chi connectivity index (χ1v) is 7.19. The van der Waals surface area contributed by atoms with Crippen molar-refractivity contribution in [3.63, 3.8) is 0 Å². The van der Waals surface area contributed by atoms with E-state index in [1.54, 1.807) is 0 Å². The molecule has 0 aromatic heterocycles. The summed E-state index contributed by atoms with van der Waals surface area (Å²) in [5.74, 6) is 0. The Balaban J connectivity index is 1.93. The molecule has 0 aliphatic heterocycles. The van der Waals surface area contributed by atoms with Crippen molar-refractivity contribution in [3.05, 3.63) is 35.4 Å². The van der Waals surface area contributed by atoms with Crippen LogP contribution in [-0.2, 0) is 0 Å². The Kier molecular flexibility index (Phi) is 4.79. The van der Waals surface area contributed by atoms with Gasteiger partial charge < -0.3 is 5.11 Å². The lowest BCUT2D eigenvalue weighted by Crippen LogP contribution is -2.31. The van der Waals surface area contributed by atoms with Crippen molar-refractivity contribution in [2.45, 2.75) is 51.7 Å². The number of unbranched alkanes of at least 4 members (excludes halogenated alkanes) is 1. The van der Waals surface area contributed by atoms with Crippen LogP contribution in [0.5, 0.6) is 0 Å². The summed E-state index contributed by atoms with van der Waals surface area (Å²) in [5.41, 5.74) is 2.27. The minimum atomic E-state index is -0.345. The van der Waals surface area contributed by atoms with Gasteiger partial charge in [0.15, 0.2) is 0 Å². The molecule has 0 radical (unpaired) electrons. The van der Waals surface area contributed by atoms with Crippen LogP contribution in [0.4, 0.5) is 0 Å². The third-order valence-corrected chi connectivity index (χ3v) is 3.70. The van der Waals surface area contributed by atoms with Crippen LogP contribution in [0, 0.1) is 6.92 Å². The van der Waals surface area contributed by atoms with Gasteiger partial charge in [0.1, 0.15) is 0 Å². The molecule has 0 heterocycles. The van der Waals surface area contributed by atoms with Gasteiger partial charge in [-0.05, 0) is 38.3 Å².